The van der Waals surface area contributed by atoms with Gasteiger partial charge in [-0.1, -0.05) is 40.5 Å². The molecular formula is C27H48O3. The van der Waals surface area contributed by atoms with Gasteiger partial charge in [0, 0.05) is 6.61 Å². The van der Waals surface area contributed by atoms with E-state index in [1.807, 2.05) is 0 Å². The van der Waals surface area contributed by atoms with Crippen molar-refractivity contribution in [2.24, 2.45) is 52.3 Å². The molecule has 3 nitrogen and oxygen atoms in total. The number of hydrogen-bond acceptors (Lipinski definition) is 3. The zero-order chi connectivity index (χ0) is 21.7. The largest absolute Gasteiger partial charge is 0.396 e. The fraction of sp³-hybridized carbons (Fsp3) is 1.00. The Morgan fingerprint density at radius 3 is 2.33 bits per heavy atom. The van der Waals surface area contributed by atoms with E-state index in [1.165, 1.54) is 44.9 Å². The summed E-state index contributed by atoms with van der Waals surface area (Å²) in [7, 11) is 0. The van der Waals surface area contributed by atoms with Gasteiger partial charge < -0.3 is 15.3 Å². The van der Waals surface area contributed by atoms with Gasteiger partial charge in [-0.2, -0.15) is 0 Å². The van der Waals surface area contributed by atoms with E-state index in [4.69, 9.17) is 0 Å². The van der Waals surface area contributed by atoms with Gasteiger partial charge in [-0.3, -0.25) is 0 Å². The normalized spacial score (nSPS) is 50.3. The minimum Gasteiger partial charge on any atom is -0.396 e. The third-order valence-electron chi connectivity index (χ3n) is 11.0. The molecule has 0 bridgehead atoms. The molecule has 4 rings (SSSR count). The summed E-state index contributed by atoms with van der Waals surface area (Å²) in [5.41, 5.74) is 0.707. The minimum atomic E-state index is -0.136. The third-order valence-corrected chi connectivity index (χ3v) is 11.0. The average molecular weight is 421 g/mol. The van der Waals surface area contributed by atoms with E-state index in [9.17, 15) is 15.3 Å². The molecule has 4 fully saturated rings. The van der Waals surface area contributed by atoms with Crippen LogP contribution >= 0.6 is 0 Å². The zero-order valence-corrected chi connectivity index (χ0v) is 20.0. The van der Waals surface area contributed by atoms with Crippen molar-refractivity contribution in [3.8, 4) is 0 Å². The minimum absolute atomic E-state index is 0.0689. The van der Waals surface area contributed by atoms with Crippen LogP contribution in [0.25, 0.3) is 0 Å². The average Bonchev–Trinajstić information content (AvgIpc) is 2.98. The highest BCUT2D eigenvalue weighted by Crippen LogP contribution is 2.68. The number of hydrogen-bond donors (Lipinski definition) is 3. The summed E-state index contributed by atoms with van der Waals surface area (Å²) >= 11 is 0. The van der Waals surface area contributed by atoms with Gasteiger partial charge in [-0.25, -0.2) is 0 Å². The van der Waals surface area contributed by atoms with Crippen molar-refractivity contribution in [2.75, 3.05) is 6.61 Å². The molecule has 0 aromatic rings. The molecule has 4 saturated carbocycles. The van der Waals surface area contributed by atoms with Crippen molar-refractivity contribution in [3.63, 3.8) is 0 Å². The second kappa shape index (κ2) is 8.67. The first-order valence-corrected chi connectivity index (χ1v) is 13.2. The number of aliphatic hydroxyl groups is 3. The summed E-state index contributed by atoms with van der Waals surface area (Å²) < 4.78 is 0. The molecule has 3 N–H and O–H groups in total. The molecule has 0 spiro atoms. The highest BCUT2D eigenvalue weighted by Gasteiger charge is 2.62. The van der Waals surface area contributed by atoms with E-state index in [0.717, 1.165) is 37.5 Å². The highest BCUT2D eigenvalue weighted by molar-refractivity contribution is 5.11. The van der Waals surface area contributed by atoms with Crippen molar-refractivity contribution in [1.29, 1.82) is 0 Å². The fourth-order valence-corrected chi connectivity index (χ4v) is 9.38. The summed E-state index contributed by atoms with van der Waals surface area (Å²) in [6, 6.07) is 0. The number of aliphatic hydroxyl groups excluding tert-OH is 3. The van der Waals surface area contributed by atoms with Gasteiger partial charge in [0.25, 0.3) is 0 Å². The topological polar surface area (TPSA) is 60.7 Å². The van der Waals surface area contributed by atoms with Gasteiger partial charge in [0.1, 0.15) is 0 Å². The van der Waals surface area contributed by atoms with Crippen molar-refractivity contribution in [1.82, 2.24) is 0 Å². The molecule has 174 valence electrons. The van der Waals surface area contributed by atoms with Gasteiger partial charge in [0.05, 0.1) is 12.2 Å². The van der Waals surface area contributed by atoms with Gasteiger partial charge in [-0.05, 0) is 110 Å². The number of fused-ring (bicyclic) bond motifs is 5. The molecule has 30 heavy (non-hydrogen) atoms. The maximum atomic E-state index is 11.3. The fourth-order valence-electron chi connectivity index (χ4n) is 9.38. The second-order valence-corrected chi connectivity index (χ2v) is 12.7. The SMILES string of the molecule is CC(CO)CCC[C@@H](C)[C@H]1[C@@H](O)C[C@H]2[C@@H]3CC[C@@H]4C[C@@H](O)CC[C@]4(C)[C@H]3CC[C@]12C. The summed E-state index contributed by atoms with van der Waals surface area (Å²) in [6.45, 7) is 9.89. The van der Waals surface area contributed by atoms with E-state index >= 15 is 0 Å². The molecule has 4 aliphatic carbocycles. The predicted molar refractivity (Wildman–Crippen MR) is 122 cm³/mol. The van der Waals surface area contributed by atoms with Crippen LogP contribution in [-0.2, 0) is 0 Å². The molecule has 0 aromatic heterocycles. The van der Waals surface area contributed by atoms with Crippen LogP contribution in [-0.4, -0.2) is 34.1 Å². The van der Waals surface area contributed by atoms with Gasteiger partial charge in [0.2, 0.25) is 0 Å². The first-order valence-electron chi connectivity index (χ1n) is 13.2. The lowest BCUT2D eigenvalue weighted by atomic mass is 9.44. The molecule has 0 radical (unpaired) electrons. The highest BCUT2D eigenvalue weighted by atomic mass is 16.3. The Bertz CT molecular complexity index is 593. The predicted octanol–water partition coefficient (Wildman–Crippen LogP) is 5.41. The maximum absolute atomic E-state index is 11.3. The van der Waals surface area contributed by atoms with Crippen molar-refractivity contribution < 1.29 is 15.3 Å². The summed E-state index contributed by atoms with van der Waals surface area (Å²) in [5.74, 6) is 4.37. The summed E-state index contributed by atoms with van der Waals surface area (Å²) in [4.78, 5) is 0. The first-order chi connectivity index (χ1) is 14.2. The smallest absolute Gasteiger partial charge is 0.0579 e. The lowest BCUT2D eigenvalue weighted by molar-refractivity contribution is -0.130. The van der Waals surface area contributed by atoms with Crippen LogP contribution in [0.2, 0.25) is 0 Å². The third kappa shape index (κ3) is 3.79. The van der Waals surface area contributed by atoms with Crippen molar-refractivity contribution >= 4 is 0 Å². The Morgan fingerprint density at radius 1 is 0.867 bits per heavy atom. The van der Waals surface area contributed by atoms with Crippen LogP contribution in [0.1, 0.15) is 98.3 Å². The Balaban J connectivity index is 1.47. The Kier molecular flexibility index (Phi) is 6.66. The van der Waals surface area contributed by atoms with E-state index < -0.39 is 0 Å². The second-order valence-electron chi connectivity index (χ2n) is 12.7. The van der Waals surface area contributed by atoms with E-state index in [2.05, 4.69) is 27.7 Å². The molecule has 0 heterocycles. The molecule has 0 aromatic carbocycles. The van der Waals surface area contributed by atoms with Crippen LogP contribution in [0.4, 0.5) is 0 Å². The Morgan fingerprint density at radius 2 is 1.60 bits per heavy atom. The molecule has 0 aliphatic heterocycles. The lowest BCUT2D eigenvalue weighted by Crippen LogP contribution is -2.54. The van der Waals surface area contributed by atoms with Crippen molar-refractivity contribution in [2.45, 2.75) is 111 Å². The van der Waals surface area contributed by atoms with Gasteiger partial charge in [0.15, 0.2) is 0 Å². The van der Waals surface area contributed by atoms with E-state index in [-0.39, 0.29) is 12.2 Å². The van der Waals surface area contributed by atoms with Crippen LogP contribution in [0.5, 0.6) is 0 Å². The monoisotopic (exact) mass is 420 g/mol. The summed E-state index contributed by atoms with van der Waals surface area (Å²) in [5, 5.41) is 30.8. The van der Waals surface area contributed by atoms with Gasteiger partial charge in [-0.15, -0.1) is 0 Å². The van der Waals surface area contributed by atoms with Crippen LogP contribution in [0.15, 0.2) is 0 Å². The molecule has 0 amide bonds. The molecular weight excluding hydrogens is 372 g/mol. The Hall–Kier alpha value is -0.120. The van der Waals surface area contributed by atoms with Crippen LogP contribution in [0.3, 0.4) is 0 Å². The maximum Gasteiger partial charge on any atom is 0.0579 e. The van der Waals surface area contributed by atoms with Crippen LogP contribution < -0.4 is 0 Å². The van der Waals surface area contributed by atoms with E-state index in [1.54, 1.807) is 0 Å². The van der Waals surface area contributed by atoms with Crippen molar-refractivity contribution in [3.05, 3.63) is 0 Å². The van der Waals surface area contributed by atoms with E-state index in [0.29, 0.717) is 47.0 Å². The first kappa shape index (κ1) is 23.1. The molecule has 1 unspecified atom stereocenters. The zero-order valence-electron chi connectivity index (χ0n) is 20.0. The van der Waals surface area contributed by atoms with Crippen LogP contribution in [0, 0.1) is 52.3 Å². The quantitative estimate of drug-likeness (QED) is 0.538. The summed E-state index contributed by atoms with van der Waals surface area (Å²) in [6.07, 6.45) is 12.7. The Labute approximate surface area is 185 Å². The van der Waals surface area contributed by atoms with Gasteiger partial charge >= 0.3 is 0 Å². The molecule has 11 atom stereocenters. The standard InChI is InChI=1S/C27H48O3/c1-17(16-28)6-5-7-18(2)25-24(30)15-23-21-9-8-19-14-20(29)10-12-26(19,3)22(21)11-13-27(23,25)4/h17-25,28-30H,5-16H2,1-4H3/t17?,18-,19-,20+,21-,22+,23+,24+,25+,26+,27+/m1/s1. The number of rotatable bonds is 6. The molecule has 3 heteroatoms. The molecule has 0 saturated heterocycles. The molecule has 4 aliphatic rings. The lowest BCUT2D eigenvalue weighted by Gasteiger charge is -2.61.